The molecule has 3 aromatic rings. The molecular formula is C24H26N4O3. The number of amides is 1. The van der Waals surface area contributed by atoms with Gasteiger partial charge in [-0.05, 0) is 11.1 Å². The summed E-state index contributed by atoms with van der Waals surface area (Å²) in [5, 5.41) is 0. The van der Waals surface area contributed by atoms with Gasteiger partial charge in [0, 0.05) is 26.2 Å². The highest BCUT2D eigenvalue weighted by Gasteiger charge is 2.29. The van der Waals surface area contributed by atoms with E-state index in [0.717, 1.165) is 13.1 Å². The van der Waals surface area contributed by atoms with E-state index >= 15 is 0 Å². The van der Waals surface area contributed by atoms with Gasteiger partial charge in [0.05, 0.1) is 26.3 Å². The molecule has 1 fully saturated rings. The van der Waals surface area contributed by atoms with E-state index in [9.17, 15) is 4.79 Å². The van der Waals surface area contributed by atoms with Crippen LogP contribution < -0.4 is 9.47 Å². The van der Waals surface area contributed by atoms with Crippen LogP contribution in [-0.2, 0) is 0 Å². The summed E-state index contributed by atoms with van der Waals surface area (Å²) >= 11 is 0. The molecular weight excluding hydrogens is 392 g/mol. The van der Waals surface area contributed by atoms with Crippen LogP contribution in [0.5, 0.6) is 11.8 Å². The second-order valence-corrected chi connectivity index (χ2v) is 7.33. The first-order valence-corrected chi connectivity index (χ1v) is 10.3. The van der Waals surface area contributed by atoms with E-state index in [1.807, 2.05) is 12.1 Å². The van der Waals surface area contributed by atoms with E-state index in [1.54, 1.807) is 11.0 Å². The van der Waals surface area contributed by atoms with Crippen molar-refractivity contribution in [1.29, 1.82) is 0 Å². The van der Waals surface area contributed by atoms with Crippen molar-refractivity contribution >= 4 is 5.91 Å². The van der Waals surface area contributed by atoms with Gasteiger partial charge in [-0.3, -0.25) is 9.69 Å². The van der Waals surface area contributed by atoms with Gasteiger partial charge in [-0.1, -0.05) is 60.7 Å². The summed E-state index contributed by atoms with van der Waals surface area (Å²) in [6, 6.07) is 22.7. The molecule has 7 heteroatoms. The van der Waals surface area contributed by atoms with Gasteiger partial charge >= 0.3 is 0 Å². The van der Waals surface area contributed by atoms with Crippen molar-refractivity contribution in [2.45, 2.75) is 6.04 Å². The van der Waals surface area contributed by atoms with Crippen molar-refractivity contribution in [3.05, 3.63) is 83.7 Å². The zero-order valence-corrected chi connectivity index (χ0v) is 17.8. The summed E-state index contributed by atoms with van der Waals surface area (Å²) in [4.78, 5) is 25.6. The number of carbonyl (C=O) groups is 1. The van der Waals surface area contributed by atoms with Gasteiger partial charge < -0.3 is 14.4 Å². The monoisotopic (exact) mass is 418 g/mol. The fourth-order valence-electron chi connectivity index (χ4n) is 3.92. The minimum Gasteiger partial charge on any atom is -0.481 e. The first kappa shape index (κ1) is 20.8. The molecule has 31 heavy (non-hydrogen) atoms. The van der Waals surface area contributed by atoms with Crippen LogP contribution in [0.1, 0.15) is 27.8 Å². The average Bonchev–Trinajstić information content (AvgIpc) is 2.85. The molecule has 1 aliphatic heterocycles. The van der Waals surface area contributed by atoms with E-state index in [-0.39, 0.29) is 17.8 Å². The van der Waals surface area contributed by atoms with Gasteiger partial charge in [0.15, 0.2) is 0 Å². The first-order chi connectivity index (χ1) is 15.2. The van der Waals surface area contributed by atoms with Crippen LogP contribution in [0.25, 0.3) is 0 Å². The summed E-state index contributed by atoms with van der Waals surface area (Å²) < 4.78 is 10.3. The third-order valence-electron chi connectivity index (χ3n) is 5.49. The molecule has 2 aromatic carbocycles. The molecule has 0 unspecified atom stereocenters. The van der Waals surface area contributed by atoms with E-state index in [2.05, 4.69) is 63.4 Å². The summed E-state index contributed by atoms with van der Waals surface area (Å²) in [7, 11) is 3.00. The van der Waals surface area contributed by atoms with Crippen molar-refractivity contribution in [2.75, 3.05) is 40.4 Å². The number of benzene rings is 2. The molecule has 1 aliphatic rings. The smallest absolute Gasteiger partial charge is 0.291 e. The highest BCUT2D eigenvalue weighted by molar-refractivity contribution is 5.90. The minimum absolute atomic E-state index is 0.0901. The fourth-order valence-corrected chi connectivity index (χ4v) is 3.92. The number of methoxy groups -OCH3 is 2. The normalized spacial score (nSPS) is 14.5. The first-order valence-electron chi connectivity index (χ1n) is 10.3. The highest BCUT2D eigenvalue weighted by Crippen LogP contribution is 2.29. The van der Waals surface area contributed by atoms with Gasteiger partial charge in [0.2, 0.25) is 17.6 Å². The van der Waals surface area contributed by atoms with E-state index < -0.39 is 0 Å². The molecule has 4 rings (SSSR count). The molecule has 0 N–H and O–H groups in total. The van der Waals surface area contributed by atoms with Gasteiger partial charge in [-0.2, -0.15) is 9.97 Å². The standard InChI is InChI=1S/C24H26N4O3/c1-30-20-17-21(31-2)26-23(25-20)24(29)28-15-13-27(14-16-28)22(18-9-5-3-6-10-18)19-11-7-4-8-12-19/h3-12,17,22H,13-16H2,1-2H3. The Morgan fingerprint density at radius 2 is 1.29 bits per heavy atom. The third-order valence-corrected chi connectivity index (χ3v) is 5.49. The van der Waals surface area contributed by atoms with E-state index in [0.29, 0.717) is 24.8 Å². The fraction of sp³-hybridized carbons (Fsp3) is 0.292. The zero-order valence-electron chi connectivity index (χ0n) is 17.8. The van der Waals surface area contributed by atoms with Crippen molar-refractivity contribution in [1.82, 2.24) is 19.8 Å². The summed E-state index contributed by atoms with van der Waals surface area (Å²) in [6.07, 6.45) is 0. The number of rotatable bonds is 6. The topological polar surface area (TPSA) is 67.8 Å². The van der Waals surface area contributed by atoms with Crippen LogP contribution in [0.2, 0.25) is 0 Å². The lowest BCUT2D eigenvalue weighted by molar-refractivity contribution is 0.0583. The Hall–Kier alpha value is -3.45. The Morgan fingerprint density at radius 1 is 0.806 bits per heavy atom. The summed E-state index contributed by atoms with van der Waals surface area (Å²) in [5.74, 6) is 0.490. The number of nitrogens with zero attached hydrogens (tertiary/aromatic N) is 4. The minimum atomic E-state index is -0.215. The van der Waals surface area contributed by atoms with Crippen LogP contribution in [0, 0.1) is 0 Å². The molecule has 1 aromatic heterocycles. The Bertz CT molecular complexity index is 944. The van der Waals surface area contributed by atoms with Crippen molar-refractivity contribution < 1.29 is 14.3 Å². The van der Waals surface area contributed by atoms with Crippen molar-refractivity contribution in [2.24, 2.45) is 0 Å². The second-order valence-electron chi connectivity index (χ2n) is 7.33. The van der Waals surface area contributed by atoms with Crippen LogP contribution in [0.3, 0.4) is 0 Å². The highest BCUT2D eigenvalue weighted by atomic mass is 16.5. The average molecular weight is 418 g/mol. The predicted molar refractivity (Wildman–Crippen MR) is 117 cm³/mol. The number of hydrogen-bond acceptors (Lipinski definition) is 6. The molecule has 0 atom stereocenters. The molecule has 1 amide bonds. The Morgan fingerprint density at radius 3 is 1.74 bits per heavy atom. The molecule has 1 saturated heterocycles. The lowest BCUT2D eigenvalue weighted by Gasteiger charge is -2.39. The maximum absolute atomic E-state index is 13.0. The number of hydrogen-bond donors (Lipinski definition) is 0. The van der Waals surface area contributed by atoms with Crippen molar-refractivity contribution in [3.8, 4) is 11.8 Å². The Labute approximate surface area is 182 Å². The molecule has 0 saturated carbocycles. The summed E-state index contributed by atoms with van der Waals surface area (Å²) in [5.41, 5.74) is 2.49. The van der Waals surface area contributed by atoms with E-state index in [1.165, 1.54) is 25.3 Å². The largest absolute Gasteiger partial charge is 0.481 e. The van der Waals surface area contributed by atoms with Crippen LogP contribution in [0.15, 0.2) is 66.7 Å². The molecule has 2 heterocycles. The van der Waals surface area contributed by atoms with Crippen molar-refractivity contribution in [3.63, 3.8) is 0 Å². The maximum atomic E-state index is 13.0. The summed E-state index contributed by atoms with van der Waals surface area (Å²) in [6.45, 7) is 2.69. The Balaban J connectivity index is 1.51. The van der Waals surface area contributed by atoms with Gasteiger partial charge in [-0.25, -0.2) is 0 Å². The lowest BCUT2D eigenvalue weighted by Crippen LogP contribution is -2.50. The number of carbonyl (C=O) groups excluding carboxylic acids is 1. The van der Waals surface area contributed by atoms with Gasteiger partial charge in [-0.15, -0.1) is 0 Å². The predicted octanol–water partition coefficient (Wildman–Crippen LogP) is 3.04. The molecule has 0 aliphatic carbocycles. The second kappa shape index (κ2) is 9.57. The van der Waals surface area contributed by atoms with Crippen LogP contribution >= 0.6 is 0 Å². The number of piperazine rings is 1. The number of aromatic nitrogens is 2. The zero-order chi connectivity index (χ0) is 21.6. The van der Waals surface area contributed by atoms with E-state index in [4.69, 9.17) is 9.47 Å². The number of ether oxygens (including phenoxy) is 2. The van der Waals surface area contributed by atoms with Crippen LogP contribution in [0.4, 0.5) is 0 Å². The quantitative estimate of drug-likeness (QED) is 0.613. The molecule has 160 valence electrons. The maximum Gasteiger partial charge on any atom is 0.291 e. The Kier molecular flexibility index (Phi) is 6.43. The molecule has 0 spiro atoms. The third kappa shape index (κ3) is 4.67. The molecule has 0 bridgehead atoms. The SMILES string of the molecule is COc1cc(OC)nc(C(=O)N2CCN(C(c3ccccc3)c3ccccc3)CC2)n1. The van der Waals surface area contributed by atoms with Crippen LogP contribution in [-0.4, -0.2) is 66.1 Å². The molecule has 7 nitrogen and oxygen atoms in total. The lowest BCUT2D eigenvalue weighted by atomic mass is 9.96. The van der Waals surface area contributed by atoms with Gasteiger partial charge in [0.1, 0.15) is 0 Å². The molecule has 0 radical (unpaired) electrons. The van der Waals surface area contributed by atoms with Gasteiger partial charge in [0.25, 0.3) is 5.91 Å².